The number of methoxy groups -OCH3 is 1. The monoisotopic (exact) mass is 402 g/mol. The summed E-state index contributed by atoms with van der Waals surface area (Å²) in [5, 5.41) is 16.5. The van der Waals surface area contributed by atoms with E-state index in [1.807, 2.05) is 42.5 Å². The highest BCUT2D eigenvalue weighted by Crippen LogP contribution is 2.29. The van der Waals surface area contributed by atoms with Crippen molar-refractivity contribution in [3.05, 3.63) is 81.0 Å². The van der Waals surface area contributed by atoms with Crippen molar-refractivity contribution >= 4 is 34.7 Å². The number of thiophene rings is 1. The van der Waals surface area contributed by atoms with Crippen LogP contribution < -0.4 is 15.4 Å². The first-order valence-electron chi connectivity index (χ1n) is 8.27. The van der Waals surface area contributed by atoms with Crippen LogP contribution in [0.25, 0.3) is 0 Å². The molecule has 2 amide bonds. The minimum atomic E-state index is -0.672. The Hall–Kier alpha value is -2.54. The van der Waals surface area contributed by atoms with Crippen molar-refractivity contribution in [2.24, 2.45) is 0 Å². The summed E-state index contributed by atoms with van der Waals surface area (Å²) < 4.78 is 5.21. The maximum Gasteiger partial charge on any atom is 0.319 e. The van der Waals surface area contributed by atoms with Gasteiger partial charge in [-0.2, -0.15) is 0 Å². The number of halogens is 1. The predicted molar refractivity (Wildman–Crippen MR) is 109 cm³/mol. The van der Waals surface area contributed by atoms with Crippen LogP contribution in [0.3, 0.4) is 0 Å². The molecule has 3 aromatic rings. The molecule has 0 saturated heterocycles. The maximum absolute atomic E-state index is 12.2. The van der Waals surface area contributed by atoms with E-state index in [1.54, 1.807) is 18.2 Å². The molecule has 0 saturated carbocycles. The second-order valence-corrected chi connectivity index (χ2v) is 7.41. The second-order valence-electron chi connectivity index (χ2n) is 5.77. The zero-order valence-electron chi connectivity index (χ0n) is 14.6. The molecule has 7 heteroatoms. The molecule has 0 aliphatic rings. The number of rotatable bonds is 6. The fraction of sp³-hybridized carbons (Fsp3) is 0.150. The summed E-state index contributed by atoms with van der Waals surface area (Å²) in [5.41, 5.74) is 1.33. The van der Waals surface area contributed by atoms with Gasteiger partial charge in [-0.25, -0.2) is 4.79 Å². The third-order valence-corrected chi connectivity index (χ3v) is 5.27. The van der Waals surface area contributed by atoms with Crippen LogP contribution in [0, 0.1) is 0 Å². The SMILES string of the molecule is COc1ccc(Cl)cc1NC(=O)NCc1ccc(C(O)c2ccccc2)s1. The fourth-order valence-corrected chi connectivity index (χ4v) is 3.69. The summed E-state index contributed by atoms with van der Waals surface area (Å²) >= 11 is 7.42. The largest absolute Gasteiger partial charge is 0.495 e. The van der Waals surface area contributed by atoms with Crippen molar-refractivity contribution in [2.75, 3.05) is 12.4 Å². The van der Waals surface area contributed by atoms with Crippen LogP contribution in [0.5, 0.6) is 5.75 Å². The molecule has 0 aliphatic carbocycles. The molecule has 27 heavy (non-hydrogen) atoms. The van der Waals surface area contributed by atoms with Crippen LogP contribution in [-0.4, -0.2) is 18.2 Å². The number of amides is 2. The number of ether oxygens (including phenoxy) is 1. The Balaban J connectivity index is 1.59. The number of hydrogen-bond donors (Lipinski definition) is 3. The first kappa shape index (κ1) is 19.2. The molecular weight excluding hydrogens is 384 g/mol. The first-order chi connectivity index (χ1) is 13.1. The standard InChI is InChI=1S/C20H19ClN2O3S/c1-26-17-9-7-14(21)11-16(17)23-20(25)22-12-15-8-10-18(27-15)19(24)13-5-3-2-4-6-13/h2-11,19,24H,12H2,1H3,(H2,22,23,25). The lowest BCUT2D eigenvalue weighted by Gasteiger charge is -2.11. The van der Waals surface area contributed by atoms with Gasteiger partial charge in [0.05, 0.1) is 19.3 Å². The number of carbonyl (C=O) groups excluding carboxylic acids is 1. The fourth-order valence-electron chi connectivity index (χ4n) is 2.55. The van der Waals surface area contributed by atoms with E-state index in [0.29, 0.717) is 23.0 Å². The normalized spacial score (nSPS) is 11.7. The molecule has 1 atom stereocenters. The van der Waals surface area contributed by atoms with Crippen molar-refractivity contribution in [1.82, 2.24) is 5.32 Å². The third-order valence-electron chi connectivity index (χ3n) is 3.90. The molecule has 2 aromatic carbocycles. The highest BCUT2D eigenvalue weighted by atomic mass is 35.5. The third kappa shape index (κ3) is 5.01. The lowest BCUT2D eigenvalue weighted by molar-refractivity contribution is 0.224. The van der Waals surface area contributed by atoms with Gasteiger partial charge in [0.15, 0.2) is 0 Å². The van der Waals surface area contributed by atoms with Crippen LogP contribution in [0.2, 0.25) is 5.02 Å². The number of benzene rings is 2. The molecule has 0 bridgehead atoms. The van der Waals surface area contributed by atoms with Gasteiger partial charge >= 0.3 is 6.03 Å². The van der Waals surface area contributed by atoms with E-state index in [0.717, 1.165) is 15.3 Å². The van der Waals surface area contributed by atoms with Crippen molar-refractivity contribution in [1.29, 1.82) is 0 Å². The average Bonchev–Trinajstić information content (AvgIpc) is 3.16. The molecular formula is C20H19ClN2O3S. The van der Waals surface area contributed by atoms with E-state index in [1.165, 1.54) is 18.4 Å². The van der Waals surface area contributed by atoms with Gasteiger partial charge in [0.2, 0.25) is 0 Å². The lowest BCUT2D eigenvalue weighted by Crippen LogP contribution is -2.28. The molecule has 1 heterocycles. The molecule has 5 nitrogen and oxygen atoms in total. The number of carbonyl (C=O) groups is 1. The van der Waals surface area contributed by atoms with E-state index in [-0.39, 0.29) is 6.03 Å². The number of nitrogens with one attached hydrogen (secondary N) is 2. The van der Waals surface area contributed by atoms with Gasteiger partial charge in [-0.1, -0.05) is 41.9 Å². The van der Waals surface area contributed by atoms with Crippen LogP contribution in [0.4, 0.5) is 10.5 Å². The minimum Gasteiger partial charge on any atom is -0.495 e. The summed E-state index contributed by atoms with van der Waals surface area (Å²) in [6.07, 6.45) is -0.672. The first-order valence-corrected chi connectivity index (χ1v) is 9.46. The van der Waals surface area contributed by atoms with E-state index in [4.69, 9.17) is 16.3 Å². The summed E-state index contributed by atoms with van der Waals surface area (Å²) in [7, 11) is 1.53. The average molecular weight is 403 g/mol. The van der Waals surface area contributed by atoms with Gasteiger partial charge in [0.25, 0.3) is 0 Å². The summed E-state index contributed by atoms with van der Waals surface area (Å²) in [4.78, 5) is 13.9. The van der Waals surface area contributed by atoms with Crippen LogP contribution in [0.15, 0.2) is 60.7 Å². The van der Waals surface area contributed by atoms with Gasteiger partial charge in [-0.15, -0.1) is 11.3 Å². The molecule has 1 unspecified atom stereocenters. The van der Waals surface area contributed by atoms with Crippen LogP contribution >= 0.6 is 22.9 Å². The van der Waals surface area contributed by atoms with Gasteiger partial charge in [0.1, 0.15) is 11.9 Å². The Morgan fingerprint density at radius 2 is 1.96 bits per heavy atom. The molecule has 3 rings (SSSR count). The number of aliphatic hydroxyl groups is 1. The number of anilines is 1. The van der Waals surface area contributed by atoms with E-state index in [9.17, 15) is 9.90 Å². The zero-order valence-corrected chi connectivity index (χ0v) is 16.2. The number of urea groups is 1. The predicted octanol–water partition coefficient (Wildman–Crippen LogP) is 4.81. The summed E-state index contributed by atoms with van der Waals surface area (Å²) in [6.45, 7) is 0.348. The molecule has 140 valence electrons. The van der Waals surface area contributed by atoms with Crippen molar-refractivity contribution < 1.29 is 14.6 Å². The number of aliphatic hydroxyl groups excluding tert-OH is 1. The van der Waals surface area contributed by atoms with Gasteiger partial charge in [-0.3, -0.25) is 0 Å². The van der Waals surface area contributed by atoms with Crippen molar-refractivity contribution in [3.8, 4) is 5.75 Å². The maximum atomic E-state index is 12.2. The summed E-state index contributed by atoms with van der Waals surface area (Å²) in [5.74, 6) is 0.527. The molecule has 0 spiro atoms. The molecule has 0 radical (unpaired) electrons. The Labute approximate surface area is 166 Å². The molecule has 1 aromatic heterocycles. The smallest absolute Gasteiger partial charge is 0.319 e. The quantitative estimate of drug-likeness (QED) is 0.554. The highest BCUT2D eigenvalue weighted by molar-refractivity contribution is 7.12. The van der Waals surface area contributed by atoms with E-state index in [2.05, 4.69) is 10.6 Å². The topological polar surface area (TPSA) is 70.6 Å². The minimum absolute atomic E-state index is 0.348. The van der Waals surface area contributed by atoms with Gasteiger partial charge in [-0.05, 0) is 35.9 Å². The second kappa shape index (κ2) is 8.90. The Morgan fingerprint density at radius 3 is 2.70 bits per heavy atom. The van der Waals surface area contributed by atoms with Gasteiger partial charge in [0, 0.05) is 14.8 Å². The van der Waals surface area contributed by atoms with Crippen LogP contribution in [0.1, 0.15) is 21.4 Å². The zero-order chi connectivity index (χ0) is 19.2. The number of hydrogen-bond acceptors (Lipinski definition) is 4. The highest BCUT2D eigenvalue weighted by Gasteiger charge is 2.13. The Morgan fingerprint density at radius 1 is 1.19 bits per heavy atom. The van der Waals surface area contributed by atoms with Crippen molar-refractivity contribution in [3.63, 3.8) is 0 Å². The Kier molecular flexibility index (Phi) is 6.34. The van der Waals surface area contributed by atoms with Crippen molar-refractivity contribution in [2.45, 2.75) is 12.6 Å². The van der Waals surface area contributed by atoms with E-state index < -0.39 is 6.10 Å². The van der Waals surface area contributed by atoms with Crippen LogP contribution in [-0.2, 0) is 6.54 Å². The van der Waals surface area contributed by atoms with E-state index >= 15 is 0 Å². The molecule has 0 aliphatic heterocycles. The molecule has 0 fully saturated rings. The Bertz CT molecular complexity index is 915. The molecule has 3 N–H and O–H groups in total. The van der Waals surface area contributed by atoms with Gasteiger partial charge < -0.3 is 20.5 Å². The lowest BCUT2D eigenvalue weighted by atomic mass is 10.1. The summed E-state index contributed by atoms with van der Waals surface area (Å²) in [6, 6.07) is 17.9.